The summed E-state index contributed by atoms with van der Waals surface area (Å²) in [6.45, 7) is 2.32. The normalized spacial score (nSPS) is 16.6. The minimum Gasteiger partial charge on any atom is -0.497 e. The summed E-state index contributed by atoms with van der Waals surface area (Å²) in [4.78, 5) is 4.60. The van der Waals surface area contributed by atoms with E-state index >= 15 is 0 Å². The number of hydrogen-bond acceptors (Lipinski definition) is 5. The first-order valence-electron chi connectivity index (χ1n) is 9.69. The van der Waals surface area contributed by atoms with Crippen molar-refractivity contribution in [2.75, 3.05) is 59.4 Å². The largest absolute Gasteiger partial charge is 0.497 e. The summed E-state index contributed by atoms with van der Waals surface area (Å²) in [5.74, 6) is 1.60. The quantitative estimate of drug-likeness (QED) is 0.617. The van der Waals surface area contributed by atoms with Gasteiger partial charge in [-0.25, -0.2) is 13.4 Å². The lowest BCUT2D eigenvalue weighted by Gasteiger charge is -2.25. The van der Waals surface area contributed by atoms with E-state index < -0.39 is 10.0 Å². The number of nitrogens with one attached hydrogen (secondary N) is 3. The second-order valence-corrected chi connectivity index (χ2v) is 9.18. The molecule has 0 bridgehead atoms. The van der Waals surface area contributed by atoms with Crippen LogP contribution in [-0.4, -0.2) is 66.8 Å². The number of rotatable bonds is 8. The van der Waals surface area contributed by atoms with Gasteiger partial charge < -0.3 is 14.4 Å². The van der Waals surface area contributed by atoms with Gasteiger partial charge in [0.25, 0.3) is 5.82 Å². The van der Waals surface area contributed by atoms with Gasteiger partial charge in [-0.1, -0.05) is 12.1 Å². The SMILES string of the molecule is COc1cccc([C@@H](CNc2ccc(S(=O)(=O)N3CCOCC3)c[nH+]2)[NH+](C)C)c1. The molecule has 0 unspecified atom stereocenters. The van der Waals surface area contributed by atoms with Crippen molar-refractivity contribution >= 4 is 15.8 Å². The molecule has 9 heteroatoms. The van der Waals surface area contributed by atoms with Crippen LogP contribution in [0.3, 0.4) is 0 Å². The Bertz CT molecular complexity index is 897. The Labute approximate surface area is 172 Å². The molecule has 1 aromatic carbocycles. The number of pyridine rings is 1. The average molecular weight is 423 g/mol. The van der Waals surface area contributed by atoms with Gasteiger partial charge in [-0.3, -0.25) is 5.32 Å². The van der Waals surface area contributed by atoms with Gasteiger partial charge >= 0.3 is 0 Å². The monoisotopic (exact) mass is 422 g/mol. The fraction of sp³-hybridized carbons (Fsp3) is 0.450. The molecule has 2 aromatic rings. The molecule has 3 N–H and O–H groups in total. The summed E-state index contributed by atoms with van der Waals surface area (Å²) in [6.07, 6.45) is 1.54. The second-order valence-electron chi connectivity index (χ2n) is 7.24. The van der Waals surface area contributed by atoms with E-state index in [4.69, 9.17) is 9.47 Å². The third-order valence-electron chi connectivity index (χ3n) is 5.08. The van der Waals surface area contributed by atoms with Crippen molar-refractivity contribution in [2.45, 2.75) is 10.9 Å². The van der Waals surface area contributed by atoms with Crippen molar-refractivity contribution in [3.05, 3.63) is 48.2 Å². The number of sulfonamides is 1. The Morgan fingerprint density at radius 1 is 1.24 bits per heavy atom. The topological polar surface area (TPSA) is 86.5 Å². The Balaban J connectivity index is 1.68. The van der Waals surface area contributed by atoms with Gasteiger partial charge in [0.15, 0.2) is 6.04 Å². The van der Waals surface area contributed by atoms with Crippen LogP contribution in [-0.2, 0) is 14.8 Å². The number of aromatic nitrogens is 1. The summed E-state index contributed by atoms with van der Waals surface area (Å²) >= 11 is 0. The Morgan fingerprint density at radius 3 is 2.62 bits per heavy atom. The third kappa shape index (κ3) is 5.24. The highest BCUT2D eigenvalue weighted by atomic mass is 32.2. The fourth-order valence-electron chi connectivity index (χ4n) is 3.34. The molecular formula is C20H30N4O4S+2. The van der Waals surface area contributed by atoms with Crippen LogP contribution in [0.25, 0.3) is 0 Å². The number of morpholine rings is 1. The molecule has 1 fully saturated rings. The molecule has 158 valence electrons. The van der Waals surface area contributed by atoms with E-state index in [0.29, 0.717) is 32.8 Å². The van der Waals surface area contributed by atoms with Gasteiger partial charge in [-0.15, -0.1) is 0 Å². The van der Waals surface area contributed by atoms with Crippen LogP contribution in [0.1, 0.15) is 11.6 Å². The maximum Gasteiger partial charge on any atom is 0.272 e. The smallest absolute Gasteiger partial charge is 0.272 e. The van der Waals surface area contributed by atoms with Crippen LogP contribution >= 0.6 is 0 Å². The molecule has 2 heterocycles. The zero-order chi connectivity index (χ0) is 20.9. The molecule has 1 aliphatic rings. The predicted molar refractivity (Wildman–Crippen MR) is 110 cm³/mol. The maximum atomic E-state index is 12.7. The minimum atomic E-state index is -3.50. The molecule has 1 atom stereocenters. The number of benzene rings is 1. The number of H-pyrrole nitrogens is 1. The third-order valence-corrected chi connectivity index (χ3v) is 6.98. The van der Waals surface area contributed by atoms with E-state index in [2.05, 4.69) is 30.5 Å². The molecule has 1 aromatic heterocycles. The minimum absolute atomic E-state index is 0.204. The molecule has 0 amide bonds. The summed E-state index contributed by atoms with van der Waals surface area (Å²) in [5, 5.41) is 3.37. The molecule has 0 aliphatic carbocycles. The summed E-state index contributed by atoms with van der Waals surface area (Å²) < 4.78 is 37.5. The van der Waals surface area contributed by atoms with E-state index in [9.17, 15) is 8.42 Å². The number of anilines is 1. The second kappa shape index (κ2) is 9.53. The van der Waals surface area contributed by atoms with E-state index in [1.165, 1.54) is 21.0 Å². The lowest BCUT2D eigenvalue weighted by atomic mass is 10.1. The van der Waals surface area contributed by atoms with Crippen LogP contribution in [0.2, 0.25) is 0 Å². The number of quaternary nitrogens is 1. The van der Waals surface area contributed by atoms with Gasteiger partial charge in [0.05, 0.1) is 34.4 Å². The zero-order valence-corrected chi connectivity index (χ0v) is 18.0. The Kier molecular flexibility index (Phi) is 7.07. The fourth-order valence-corrected chi connectivity index (χ4v) is 4.72. The standard InChI is InChI=1S/C20H28N4O4S/c1-23(2)19(16-5-4-6-17(13-16)27-3)15-22-20-8-7-18(14-21-20)29(25,26)24-9-11-28-12-10-24/h4-8,13-14,19H,9-12,15H2,1-3H3,(H,21,22)/p+2/t19-/m1/s1. The molecule has 3 rings (SSSR count). The van der Waals surface area contributed by atoms with Crippen molar-refractivity contribution in [1.82, 2.24) is 4.31 Å². The van der Waals surface area contributed by atoms with Gasteiger partial charge in [-0.2, -0.15) is 4.31 Å². The molecular weight excluding hydrogens is 392 g/mol. The van der Waals surface area contributed by atoms with Crippen molar-refractivity contribution in [3.8, 4) is 5.75 Å². The van der Waals surface area contributed by atoms with Crippen LogP contribution in [0.4, 0.5) is 5.82 Å². The maximum absolute atomic E-state index is 12.7. The van der Waals surface area contributed by atoms with E-state index in [1.807, 2.05) is 18.2 Å². The van der Waals surface area contributed by atoms with E-state index in [-0.39, 0.29) is 10.9 Å². The summed E-state index contributed by atoms with van der Waals surface area (Å²) in [6, 6.07) is 11.6. The number of methoxy groups -OCH3 is 1. The van der Waals surface area contributed by atoms with E-state index in [1.54, 1.807) is 19.2 Å². The van der Waals surface area contributed by atoms with Crippen molar-refractivity contribution in [3.63, 3.8) is 0 Å². The highest BCUT2D eigenvalue weighted by Gasteiger charge is 2.27. The van der Waals surface area contributed by atoms with Gasteiger partial charge in [0, 0.05) is 24.7 Å². The number of ether oxygens (including phenoxy) is 2. The lowest BCUT2D eigenvalue weighted by Crippen LogP contribution is -3.06. The number of nitrogens with zero attached hydrogens (tertiary/aromatic N) is 1. The van der Waals surface area contributed by atoms with Crippen LogP contribution in [0.5, 0.6) is 5.75 Å². The van der Waals surface area contributed by atoms with Gasteiger partial charge in [0.1, 0.15) is 23.4 Å². The Hall–Kier alpha value is -2.20. The molecule has 29 heavy (non-hydrogen) atoms. The highest BCUT2D eigenvalue weighted by molar-refractivity contribution is 7.89. The van der Waals surface area contributed by atoms with Crippen LogP contribution in [0.15, 0.2) is 47.5 Å². The Morgan fingerprint density at radius 2 is 2.00 bits per heavy atom. The van der Waals surface area contributed by atoms with E-state index in [0.717, 1.165) is 11.6 Å². The zero-order valence-electron chi connectivity index (χ0n) is 17.1. The van der Waals surface area contributed by atoms with Crippen molar-refractivity contribution in [2.24, 2.45) is 0 Å². The first-order chi connectivity index (χ1) is 13.9. The molecule has 1 saturated heterocycles. The van der Waals surface area contributed by atoms with Gasteiger partial charge in [0.2, 0.25) is 10.0 Å². The van der Waals surface area contributed by atoms with Gasteiger partial charge in [-0.05, 0) is 18.2 Å². The highest BCUT2D eigenvalue weighted by Crippen LogP contribution is 2.19. The molecule has 0 spiro atoms. The number of likely N-dealkylation sites (N-methyl/N-ethyl adjacent to an activating group) is 1. The lowest BCUT2D eigenvalue weighted by molar-refractivity contribution is -0.890. The van der Waals surface area contributed by atoms with Crippen molar-refractivity contribution in [1.29, 1.82) is 0 Å². The van der Waals surface area contributed by atoms with Crippen LogP contribution < -0.4 is 19.9 Å². The number of hydrogen-bond donors (Lipinski definition) is 2. The number of aromatic amines is 1. The first kappa shape index (κ1) is 21.5. The molecule has 1 aliphatic heterocycles. The average Bonchev–Trinajstić information content (AvgIpc) is 2.75. The summed E-state index contributed by atoms with van der Waals surface area (Å²) in [5.41, 5.74) is 1.17. The molecule has 8 nitrogen and oxygen atoms in total. The molecule has 0 saturated carbocycles. The molecule has 0 radical (unpaired) electrons. The summed E-state index contributed by atoms with van der Waals surface area (Å²) in [7, 11) is 2.37. The first-order valence-corrected chi connectivity index (χ1v) is 11.1. The van der Waals surface area contributed by atoms with Crippen molar-refractivity contribution < 1.29 is 27.8 Å². The van der Waals surface area contributed by atoms with Crippen LogP contribution in [0, 0.1) is 0 Å². The predicted octanol–water partition coefficient (Wildman–Crippen LogP) is -0.172.